The molecular formula is C14H20FN3O. The van der Waals surface area contributed by atoms with E-state index in [1.807, 2.05) is 11.8 Å². The van der Waals surface area contributed by atoms with E-state index in [1.165, 1.54) is 6.07 Å². The van der Waals surface area contributed by atoms with Gasteiger partial charge in [0.05, 0.1) is 11.8 Å². The zero-order valence-electron chi connectivity index (χ0n) is 11.6. The molecule has 104 valence electrons. The second-order valence-corrected chi connectivity index (χ2v) is 5.28. The van der Waals surface area contributed by atoms with Crippen LogP contribution in [-0.2, 0) is 0 Å². The highest BCUT2D eigenvalue weighted by molar-refractivity contribution is 5.98. The van der Waals surface area contributed by atoms with Gasteiger partial charge in [-0.1, -0.05) is 6.92 Å². The number of halogens is 1. The van der Waals surface area contributed by atoms with Gasteiger partial charge in [0.2, 0.25) is 0 Å². The van der Waals surface area contributed by atoms with Gasteiger partial charge in [0, 0.05) is 19.6 Å². The Morgan fingerprint density at radius 1 is 1.53 bits per heavy atom. The number of likely N-dealkylation sites (tertiary alicyclic amines) is 1. The molecule has 0 aromatic carbocycles. The maximum absolute atomic E-state index is 13.3. The molecule has 0 saturated carbocycles. The maximum Gasteiger partial charge on any atom is 0.257 e. The van der Waals surface area contributed by atoms with Crippen molar-refractivity contribution in [3.63, 3.8) is 0 Å². The van der Waals surface area contributed by atoms with Gasteiger partial charge in [-0.3, -0.25) is 4.79 Å². The van der Waals surface area contributed by atoms with Gasteiger partial charge < -0.3 is 10.2 Å². The van der Waals surface area contributed by atoms with E-state index in [0.717, 1.165) is 25.6 Å². The molecule has 1 aromatic rings. The Balaban J connectivity index is 2.26. The number of pyridine rings is 1. The Morgan fingerprint density at radius 2 is 2.26 bits per heavy atom. The molecule has 1 amide bonds. The predicted octanol–water partition coefficient (Wildman–Crippen LogP) is 2.52. The number of anilines is 1. The summed E-state index contributed by atoms with van der Waals surface area (Å²) < 4.78 is 13.3. The molecule has 1 aliphatic heterocycles. The first-order valence-electron chi connectivity index (χ1n) is 6.67. The van der Waals surface area contributed by atoms with Gasteiger partial charge in [0.15, 0.2) is 0 Å². The molecule has 0 spiro atoms. The van der Waals surface area contributed by atoms with Crippen molar-refractivity contribution < 1.29 is 9.18 Å². The van der Waals surface area contributed by atoms with Gasteiger partial charge in [-0.25, -0.2) is 9.37 Å². The van der Waals surface area contributed by atoms with Crippen molar-refractivity contribution in [1.82, 2.24) is 9.88 Å². The zero-order valence-corrected chi connectivity index (χ0v) is 11.6. The fourth-order valence-electron chi connectivity index (χ4n) is 2.67. The molecule has 5 heteroatoms. The number of hydrogen-bond acceptors (Lipinski definition) is 3. The van der Waals surface area contributed by atoms with Crippen molar-refractivity contribution in [2.45, 2.75) is 32.7 Å². The minimum Gasteiger partial charge on any atom is -0.372 e. The van der Waals surface area contributed by atoms with E-state index in [4.69, 9.17) is 0 Å². The standard InChI is InChI=1S/C14H20FN3O/c1-9-4-5-18(10(2)6-9)14(19)12-7-11(15)8-17-13(12)16-3/h7-10H,4-6H2,1-3H3,(H,16,17). The van der Waals surface area contributed by atoms with Crippen LogP contribution >= 0.6 is 0 Å². The number of hydrogen-bond donors (Lipinski definition) is 1. The molecule has 0 bridgehead atoms. The van der Waals surface area contributed by atoms with Crippen LogP contribution in [0.5, 0.6) is 0 Å². The van der Waals surface area contributed by atoms with Gasteiger partial charge in [0.25, 0.3) is 5.91 Å². The van der Waals surface area contributed by atoms with Crippen LogP contribution in [0.1, 0.15) is 37.0 Å². The van der Waals surface area contributed by atoms with Gasteiger partial charge in [0.1, 0.15) is 11.6 Å². The van der Waals surface area contributed by atoms with Crippen LogP contribution in [0.25, 0.3) is 0 Å². The molecule has 0 aliphatic carbocycles. The quantitative estimate of drug-likeness (QED) is 0.893. The van der Waals surface area contributed by atoms with Crippen molar-refractivity contribution in [2.75, 3.05) is 18.9 Å². The Hall–Kier alpha value is -1.65. The number of aromatic nitrogens is 1. The molecule has 19 heavy (non-hydrogen) atoms. The fraction of sp³-hybridized carbons (Fsp3) is 0.571. The van der Waals surface area contributed by atoms with E-state index in [2.05, 4.69) is 17.2 Å². The number of amides is 1. The van der Waals surface area contributed by atoms with Gasteiger partial charge in [-0.05, 0) is 31.7 Å². The van der Waals surface area contributed by atoms with Crippen LogP contribution in [0.15, 0.2) is 12.3 Å². The summed E-state index contributed by atoms with van der Waals surface area (Å²) in [4.78, 5) is 18.3. The summed E-state index contributed by atoms with van der Waals surface area (Å²) in [6.07, 6.45) is 3.10. The van der Waals surface area contributed by atoms with Gasteiger partial charge in [-0.2, -0.15) is 0 Å². The van der Waals surface area contributed by atoms with Crippen molar-refractivity contribution >= 4 is 11.7 Å². The summed E-state index contributed by atoms with van der Waals surface area (Å²) in [7, 11) is 1.68. The van der Waals surface area contributed by atoms with E-state index in [-0.39, 0.29) is 11.9 Å². The van der Waals surface area contributed by atoms with Gasteiger partial charge in [-0.15, -0.1) is 0 Å². The molecule has 2 rings (SSSR count). The third-order valence-corrected chi connectivity index (χ3v) is 3.72. The first-order chi connectivity index (χ1) is 9.02. The lowest BCUT2D eigenvalue weighted by Gasteiger charge is -2.36. The van der Waals surface area contributed by atoms with Crippen LogP contribution < -0.4 is 5.32 Å². The Morgan fingerprint density at radius 3 is 2.89 bits per heavy atom. The summed E-state index contributed by atoms with van der Waals surface area (Å²) in [6, 6.07) is 1.44. The molecular weight excluding hydrogens is 245 g/mol. The molecule has 2 heterocycles. The second-order valence-electron chi connectivity index (χ2n) is 5.28. The third-order valence-electron chi connectivity index (χ3n) is 3.72. The summed E-state index contributed by atoms with van der Waals surface area (Å²) >= 11 is 0. The summed E-state index contributed by atoms with van der Waals surface area (Å²) in [5.41, 5.74) is 0.309. The minimum atomic E-state index is -0.486. The van der Waals surface area contributed by atoms with Crippen LogP contribution in [-0.4, -0.2) is 35.4 Å². The average molecular weight is 265 g/mol. The van der Waals surface area contributed by atoms with E-state index in [9.17, 15) is 9.18 Å². The lowest BCUT2D eigenvalue weighted by molar-refractivity contribution is 0.0589. The topological polar surface area (TPSA) is 45.2 Å². The maximum atomic E-state index is 13.3. The smallest absolute Gasteiger partial charge is 0.257 e. The fourth-order valence-corrected chi connectivity index (χ4v) is 2.67. The summed E-state index contributed by atoms with van der Waals surface area (Å²) in [5, 5.41) is 2.84. The van der Waals surface area contributed by atoms with Gasteiger partial charge >= 0.3 is 0 Å². The highest BCUT2D eigenvalue weighted by atomic mass is 19.1. The second kappa shape index (κ2) is 5.55. The SMILES string of the molecule is CNc1ncc(F)cc1C(=O)N1CCC(C)CC1C. The lowest BCUT2D eigenvalue weighted by Crippen LogP contribution is -2.44. The minimum absolute atomic E-state index is 0.143. The molecule has 4 nitrogen and oxygen atoms in total. The lowest BCUT2D eigenvalue weighted by atomic mass is 9.93. The van der Waals surface area contributed by atoms with Crippen LogP contribution in [0, 0.1) is 11.7 Å². The largest absolute Gasteiger partial charge is 0.372 e. The monoisotopic (exact) mass is 265 g/mol. The molecule has 1 aliphatic rings. The predicted molar refractivity (Wildman–Crippen MR) is 72.6 cm³/mol. The zero-order chi connectivity index (χ0) is 14.0. The number of nitrogens with one attached hydrogen (secondary N) is 1. The third kappa shape index (κ3) is 2.85. The number of rotatable bonds is 2. The van der Waals surface area contributed by atoms with Crippen molar-refractivity contribution in [3.8, 4) is 0 Å². The Bertz CT molecular complexity index is 478. The Labute approximate surface area is 113 Å². The highest BCUT2D eigenvalue weighted by Crippen LogP contribution is 2.25. The Kier molecular flexibility index (Phi) is 4.02. The van der Waals surface area contributed by atoms with Crippen molar-refractivity contribution in [2.24, 2.45) is 5.92 Å². The summed E-state index contributed by atoms with van der Waals surface area (Å²) in [6.45, 7) is 4.96. The number of carbonyl (C=O) groups is 1. The highest BCUT2D eigenvalue weighted by Gasteiger charge is 2.29. The molecule has 0 radical (unpaired) electrons. The number of piperidine rings is 1. The van der Waals surface area contributed by atoms with Crippen LogP contribution in [0.2, 0.25) is 0 Å². The molecule has 1 aromatic heterocycles. The van der Waals surface area contributed by atoms with Crippen LogP contribution in [0.4, 0.5) is 10.2 Å². The average Bonchev–Trinajstić information content (AvgIpc) is 2.38. The van der Waals surface area contributed by atoms with E-state index < -0.39 is 5.82 Å². The van der Waals surface area contributed by atoms with Crippen molar-refractivity contribution in [1.29, 1.82) is 0 Å². The van der Waals surface area contributed by atoms with E-state index >= 15 is 0 Å². The van der Waals surface area contributed by atoms with Crippen LogP contribution in [0.3, 0.4) is 0 Å². The first kappa shape index (κ1) is 13.8. The number of nitrogens with zero attached hydrogens (tertiary/aromatic N) is 2. The molecule has 1 N–H and O–H groups in total. The first-order valence-corrected chi connectivity index (χ1v) is 6.67. The normalized spacial score (nSPS) is 23.3. The van der Waals surface area contributed by atoms with Crippen molar-refractivity contribution in [3.05, 3.63) is 23.6 Å². The summed E-state index contributed by atoms with van der Waals surface area (Å²) in [5.74, 6) is 0.432. The molecule has 1 fully saturated rings. The molecule has 1 saturated heterocycles. The van der Waals surface area contributed by atoms with E-state index in [0.29, 0.717) is 17.3 Å². The van der Waals surface area contributed by atoms with E-state index in [1.54, 1.807) is 7.05 Å². The number of carbonyl (C=O) groups excluding carboxylic acids is 1. The molecule has 2 atom stereocenters. The molecule has 2 unspecified atom stereocenters.